The first-order valence-electron chi connectivity index (χ1n) is 24.8. The predicted molar refractivity (Wildman–Crippen MR) is 315 cm³/mol. The van der Waals surface area contributed by atoms with Crippen LogP contribution in [0.25, 0.3) is 65.7 Å². The maximum atomic E-state index is 2.41. The monoisotopic (exact) mass is 964 g/mol. The summed E-state index contributed by atoms with van der Waals surface area (Å²) in [4.78, 5) is 7.36. The lowest BCUT2D eigenvalue weighted by Gasteiger charge is -2.27. The zero-order valence-electron chi connectivity index (χ0n) is 41.2. The van der Waals surface area contributed by atoms with Crippen LogP contribution >= 0.6 is 11.8 Å². The maximum Gasteiger partial charge on any atom is 0.0775 e. The fraction of sp³-hybridized carbons (Fsp3) is 0.0909. The summed E-state index contributed by atoms with van der Waals surface area (Å²) in [5.74, 6) is 0. The van der Waals surface area contributed by atoms with Crippen LogP contribution in [0.1, 0.15) is 0 Å². The summed E-state index contributed by atoms with van der Waals surface area (Å²) in [6.45, 7) is 14.4. The minimum atomic E-state index is -1.45. The Morgan fingerprint density at radius 3 is 1.41 bits per heavy atom. The molecule has 0 radical (unpaired) electrons. The Bertz CT molecular complexity index is 3800. The van der Waals surface area contributed by atoms with E-state index in [0.717, 1.165) is 28.4 Å². The second-order valence-electron chi connectivity index (χ2n) is 21.1. The summed E-state index contributed by atoms with van der Waals surface area (Å²) in [6, 6.07) is 86.2. The van der Waals surface area contributed by atoms with Crippen LogP contribution in [0.4, 0.5) is 34.1 Å². The number of hydrogen-bond acceptors (Lipinski definition) is 3. The molecule has 0 fully saturated rings. The highest BCUT2D eigenvalue weighted by Crippen LogP contribution is 2.51. The molecule has 0 atom stereocenters. The maximum absolute atomic E-state index is 2.41. The first-order chi connectivity index (χ1) is 34.4. The average molecular weight is 965 g/mol. The zero-order valence-corrected chi connectivity index (χ0v) is 44.1. The number of rotatable bonds is 10. The lowest BCUT2D eigenvalue weighted by atomic mass is 9.90. The first kappa shape index (κ1) is 44.8. The molecule has 11 aromatic rings. The Kier molecular flexibility index (Phi) is 11.2. The Labute approximate surface area is 424 Å². The molecule has 0 aromatic heterocycles. The number of benzene rings is 11. The highest BCUT2D eigenvalue weighted by Gasteiger charge is 2.24. The van der Waals surface area contributed by atoms with Gasteiger partial charge in [0.2, 0.25) is 0 Å². The van der Waals surface area contributed by atoms with Crippen LogP contribution in [0, 0.1) is 0 Å². The van der Waals surface area contributed by atoms with Crippen molar-refractivity contribution in [3.8, 4) is 33.4 Å². The molecule has 0 unspecified atom stereocenters. The van der Waals surface area contributed by atoms with Crippen LogP contribution in [0.3, 0.4) is 0 Å². The van der Waals surface area contributed by atoms with Crippen molar-refractivity contribution in [1.29, 1.82) is 0 Å². The SMILES string of the molecule is C[Si](C)(C)c1ccc(N(c2ccccc2)c2ccc(-c3ccc4c(c3)Sc3cccc5c(-c6ccc7cc(N(c8ccc([Si](C)(C)C)cc8)c8ccc9ccccc9c8)ccc7c6)ccc-4c35)cc2)cc1. The average Bonchev–Trinajstić information content (AvgIpc) is 3.39. The summed E-state index contributed by atoms with van der Waals surface area (Å²) in [5.41, 5.74) is 14.4. The van der Waals surface area contributed by atoms with Gasteiger partial charge in [-0.15, -0.1) is 0 Å². The van der Waals surface area contributed by atoms with Gasteiger partial charge in [0.15, 0.2) is 0 Å². The van der Waals surface area contributed by atoms with E-state index in [0.29, 0.717) is 0 Å². The first-order valence-corrected chi connectivity index (χ1v) is 32.6. The van der Waals surface area contributed by atoms with Gasteiger partial charge in [0.25, 0.3) is 0 Å². The van der Waals surface area contributed by atoms with Gasteiger partial charge in [-0.1, -0.05) is 201 Å². The van der Waals surface area contributed by atoms with Gasteiger partial charge in [-0.25, -0.2) is 0 Å². The third-order valence-electron chi connectivity index (χ3n) is 14.3. The van der Waals surface area contributed by atoms with Crippen LogP contribution in [-0.2, 0) is 0 Å². The van der Waals surface area contributed by atoms with Gasteiger partial charge in [0.05, 0.1) is 16.1 Å². The van der Waals surface area contributed by atoms with E-state index in [2.05, 4.69) is 280 Å². The van der Waals surface area contributed by atoms with Crippen LogP contribution in [0.2, 0.25) is 39.3 Å². The fourth-order valence-electron chi connectivity index (χ4n) is 10.4. The molecule has 2 nitrogen and oxygen atoms in total. The van der Waals surface area contributed by atoms with E-state index < -0.39 is 16.1 Å². The van der Waals surface area contributed by atoms with Crippen LogP contribution < -0.4 is 20.2 Å². The van der Waals surface area contributed by atoms with Gasteiger partial charge >= 0.3 is 0 Å². The van der Waals surface area contributed by atoms with Crippen LogP contribution in [0.15, 0.2) is 240 Å². The van der Waals surface area contributed by atoms with E-state index in [1.807, 2.05) is 11.8 Å². The van der Waals surface area contributed by atoms with Gasteiger partial charge in [-0.05, 0) is 151 Å². The Morgan fingerprint density at radius 2 is 0.761 bits per heavy atom. The molecule has 5 heteroatoms. The van der Waals surface area contributed by atoms with Crippen molar-refractivity contribution >= 4 is 105 Å². The summed E-state index contributed by atoms with van der Waals surface area (Å²) < 4.78 is 0. The third kappa shape index (κ3) is 8.48. The van der Waals surface area contributed by atoms with Crippen molar-refractivity contribution in [2.75, 3.05) is 9.80 Å². The van der Waals surface area contributed by atoms with E-state index in [4.69, 9.17) is 0 Å². The summed E-state index contributed by atoms with van der Waals surface area (Å²) >= 11 is 1.89. The third-order valence-corrected chi connectivity index (χ3v) is 19.6. The molecule has 0 amide bonds. The summed E-state index contributed by atoms with van der Waals surface area (Å²) in [6.07, 6.45) is 0. The number of anilines is 6. The highest BCUT2D eigenvalue weighted by atomic mass is 32.2. The Morgan fingerprint density at radius 1 is 0.296 bits per heavy atom. The topological polar surface area (TPSA) is 6.48 Å². The fourth-order valence-corrected chi connectivity index (χ4v) is 13.9. The standard InChI is InChI=1S/C66H56N2SSi2/c1-70(2,3)58-34-30-54(31-35-58)67(52-15-8-7-9-16-52)53-26-21-46(22-27-53)50-25-38-61-63-40-39-60(62-17-12-18-64(66(62)63)69-65(61)44-50)51-20-19-49-43-57(29-24-48(49)41-51)68(55-32-36-59(37-33-55)71(4,5)6)56-28-23-45-13-10-11-14-47(45)42-56/h7-44H,1-6H3. The largest absolute Gasteiger partial charge is 0.311 e. The molecule has 71 heavy (non-hydrogen) atoms. The van der Waals surface area contributed by atoms with Crippen molar-refractivity contribution in [2.45, 2.75) is 49.1 Å². The van der Waals surface area contributed by atoms with Crippen LogP contribution in [0.5, 0.6) is 0 Å². The molecule has 0 saturated carbocycles. The summed E-state index contributed by atoms with van der Waals surface area (Å²) in [5, 5.41) is 10.5. The van der Waals surface area contributed by atoms with Gasteiger partial charge in [0, 0.05) is 49.3 Å². The smallest absolute Gasteiger partial charge is 0.0775 e. The molecule has 0 saturated heterocycles. The molecule has 0 aliphatic carbocycles. The molecular formula is C66H56N2SSi2. The minimum absolute atomic E-state index is 1.14. The molecule has 344 valence electrons. The van der Waals surface area contributed by atoms with E-state index in [1.54, 1.807) is 0 Å². The van der Waals surface area contributed by atoms with E-state index in [1.165, 1.54) is 91.5 Å². The Hall–Kier alpha value is -7.42. The van der Waals surface area contributed by atoms with Crippen molar-refractivity contribution in [1.82, 2.24) is 0 Å². The molecule has 0 bridgehead atoms. The minimum Gasteiger partial charge on any atom is -0.311 e. The molecule has 0 N–H and O–H groups in total. The lowest BCUT2D eigenvalue weighted by Crippen LogP contribution is -2.37. The normalized spacial score (nSPS) is 12.3. The zero-order chi connectivity index (χ0) is 48.4. The van der Waals surface area contributed by atoms with Crippen molar-refractivity contribution in [3.63, 3.8) is 0 Å². The molecule has 12 rings (SSSR count). The molecular weight excluding hydrogens is 909 g/mol. The Balaban J connectivity index is 0.851. The molecule has 1 heterocycles. The second kappa shape index (κ2) is 17.8. The molecule has 0 spiro atoms. The predicted octanol–water partition coefficient (Wildman–Crippen LogP) is 18.6. The van der Waals surface area contributed by atoms with E-state index in [9.17, 15) is 0 Å². The lowest BCUT2D eigenvalue weighted by molar-refractivity contribution is 1.28. The second-order valence-corrected chi connectivity index (χ2v) is 32.3. The number of hydrogen-bond donors (Lipinski definition) is 0. The van der Waals surface area contributed by atoms with Crippen molar-refractivity contribution in [2.24, 2.45) is 0 Å². The summed E-state index contributed by atoms with van der Waals surface area (Å²) in [7, 11) is -2.87. The van der Waals surface area contributed by atoms with Crippen molar-refractivity contribution < 1.29 is 0 Å². The number of para-hydroxylation sites is 1. The van der Waals surface area contributed by atoms with Gasteiger partial charge < -0.3 is 9.80 Å². The molecule has 11 aromatic carbocycles. The van der Waals surface area contributed by atoms with Gasteiger partial charge in [-0.3, -0.25) is 0 Å². The molecule has 1 aliphatic rings. The van der Waals surface area contributed by atoms with Crippen LogP contribution in [-0.4, -0.2) is 16.1 Å². The highest BCUT2D eigenvalue weighted by molar-refractivity contribution is 7.99. The number of fused-ring (bicyclic) bond motifs is 4. The quantitative estimate of drug-likeness (QED) is 0.126. The number of nitrogens with zero attached hydrogens (tertiary/aromatic N) is 2. The van der Waals surface area contributed by atoms with Gasteiger partial charge in [0.1, 0.15) is 0 Å². The molecule has 1 aliphatic heterocycles. The van der Waals surface area contributed by atoms with Gasteiger partial charge in [-0.2, -0.15) is 0 Å². The van der Waals surface area contributed by atoms with Crippen molar-refractivity contribution in [3.05, 3.63) is 231 Å². The van der Waals surface area contributed by atoms with E-state index in [-0.39, 0.29) is 0 Å². The van der Waals surface area contributed by atoms with E-state index >= 15 is 0 Å².